The number of aromatic nitrogens is 4. The number of rotatable bonds is 7. The molecule has 3 aromatic heterocycles. The molecule has 0 radical (unpaired) electrons. The molecule has 8 nitrogen and oxygen atoms in total. The van der Waals surface area contributed by atoms with Crippen molar-refractivity contribution in [2.45, 2.75) is 33.6 Å². The zero-order valence-electron chi connectivity index (χ0n) is 19.5. The molecule has 1 aromatic carbocycles. The van der Waals surface area contributed by atoms with Gasteiger partial charge in [0.2, 0.25) is 5.91 Å². The topological polar surface area (TPSA) is 90.6 Å². The second-order valence-electron chi connectivity index (χ2n) is 7.84. The summed E-state index contributed by atoms with van der Waals surface area (Å²) in [5, 5.41) is 7.64. The number of carbonyl (C=O) groups excluding carboxylic acids is 1. The minimum atomic E-state index is -0.0869. The van der Waals surface area contributed by atoms with E-state index in [1.807, 2.05) is 61.7 Å². The number of pyridine rings is 1. The van der Waals surface area contributed by atoms with E-state index in [2.05, 4.69) is 10.3 Å². The minimum absolute atomic E-state index is 0.0869. The van der Waals surface area contributed by atoms with Crippen molar-refractivity contribution in [3.63, 3.8) is 0 Å². The minimum Gasteiger partial charge on any atom is -0.497 e. The molecule has 0 saturated heterocycles. The number of aryl methyl sites for hydroxylation is 3. The van der Waals surface area contributed by atoms with Crippen LogP contribution in [0.4, 0.5) is 5.82 Å². The SMILES string of the molecule is COc1ccc(-c2cc3nc(C)c(CCC(=O)Nc4cccc(C)n4)c(C)n3n2)c(OC)c1. The number of carbonyl (C=O) groups is 1. The first-order valence-electron chi connectivity index (χ1n) is 10.7. The zero-order valence-corrected chi connectivity index (χ0v) is 19.5. The summed E-state index contributed by atoms with van der Waals surface area (Å²) in [5.41, 5.74) is 6.06. The van der Waals surface area contributed by atoms with Gasteiger partial charge in [0.1, 0.15) is 17.3 Å². The van der Waals surface area contributed by atoms with E-state index in [4.69, 9.17) is 19.6 Å². The molecular formula is C25H27N5O3. The molecule has 8 heteroatoms. The number of hydrogen-bond acceptors (Lipinski definition) is 6. The Morgan fingerprint density at radius 2 is 1.85 bits per heavy atom. The number of benzene rings is 1. The summed E-state index contributed by atoms with van der Waals surface area (Å²) in [6, 6.07) is 13.1. The Hall–Kier alpha value is -3.94. The molecule has 33 heavy (non-hydrogen) atoms. The summed E-state index contributed by atoms with van der Waals surface area (Å²) in [6.45, 7) is 5.85. The molecule has 1 amide bonds. The smallest absolute Gasteiger partial charge is 0.225 e. The van der Waals surface area contributed by atoms with Crippen LogP contribution in [0.3, 0.4) is 0 Å². The number of amides is 1. The summed E-state index contributed by atoms with van der Waals surface area (Å²) < 4.78 is 12.7. The fourth-order valence-electron chi connectivity index (χ4n) is 3.89. The molecule has 4 aromatic rings. The second kappa shape index (κ2) is 9.28. The number of methoxy groups -OCH3 is 2. The molecular weight excluding hydrogens is 418 g/mol. The number of nitrogens with zero attached hydrogens (tertiary/aromatic N) is 4. The quantitative estimate of drug-likeness (QED) is 0.456. The molecule has 0 atom stereocenters. The van der Waals surface area contributed by atoms with E-state index < -0.39 is 0 Å². The van der Waals surface area contributed by atoms with Crippen LogP contribution in [0.5, 0.6) is 11.5 Å². The van der Waals surface area contributed by atoms with Crippen LogP contribution in [-0.4, -0.2) is 39.7 Å². The van der Waals surface area contributed by atoms with E-state index >= 15 is 0 Å². The van der Waals surface area contributed by atoms with Crippen molar-refractivity contribution in [2.24, 2.45) is 0 Å². The van der Waals surface area contributed by atoms with E-state index in [-0.39, 0.29) is 5.91 Å². The van der Waals surface area contributed by atoms with Gasteiger partial charge in [0, 0.05) is 41.2 Å². The number of anilines is 1. The Labute approximate surface area is 192 Å². The van der Waals surface area contributed by atoms with Crippen LogP contribution in [0.1, 0.15) is 29.1 Å². The van der Waals surface area contributed by atoms with Gasteiger partial charge in [-0.15, -0.1) is 0 Å². The highest BCUT2D eigenvalue weighted by atomic mass is 16.5. The van der Waals surface area contributed by atoms with Gasteiger partial charge in [-0.05, 0) is 57.0 Å². The van der Waals surface area contributed by atoms with Gasteiger partial charge in [0.25, 0.3) is 0 Å². The average molecular weight is 446 g/mol. The lowest BCUT2D eigenvalue weighted by Gasteiger charge is -2.11. The maximum absolute atomic E-state index is 12.5. The van der Waals surface area contributed by atoms with Crippen molar-refractivity contribution < 1.29 is 14.3 Å². The molecule has 170 valence electrons. The second-order valence-corrected chi connectivity index (χ2v) is 7.84. The fraction of sp³-hybridized carbons (Fsp3) is 0.280. The zero-order chi connectivity index (χ0) is 23.5. The lowest BCUT2D eigenvalue weighted by Crippen LogP contribution is -2.15. The van der Waals surface area contributed by atoms with Crippen LogP contribution in [0.15, 0.2) is 42.5 Å². The number of hydrogen-bond donors (Lipinski definition) is 1. The van der Waals surface area contributed by atoms with E-state index in [1.165, 1.54) is 0 Å². The van der Waals surface area contributed by atoms with E-state index in [1.54, 1.807) is 20.3 Å². The van der Waals surface area contributed by atoms with Crippen LogP contribution in [0.2, 0.25) is 0 Å². The van der Waals surface area contributed by atoms with E-state index in [0.29, 0.717) is 30.2 Å². The number of fused-ring (bicyclic) bond motifs is 1. The third kappa shape index (κ3) is 4.64. The lowest BCUT2D eigenvalue weighted by atomic mass is 10.1. The molecule has 0 saturated carbocycles. The standard InChI is InChI=1S/C25H27N5O3/c1-15-7-6-8-23(26-15)28-25(31)12-11-19-16(2)27-24-14-21(29-30(24)17(19)3)20-10-9-18(32-4)13-22(20)33-5/h6-10,13-14H,11-12H2,1-5H3,(H,26,28,31). The first kappa shape index (κ1) is 22.3. The summed E-state index contributed by atoms with van der Waals surface area (Å²) in [5.74, 6) is 1.86. The average Bonchev–Trinajstić information content (AvgIpc) is 3.22. The van der Waals surface area contributed by atoms with Gasteiger partial charge < -0.3 is 14.8 Å². The van der Waals surface area contributed by atoms with Crippen molar-refractivity contribution in [3.8, 4) is 22.8 Å². The third-order valence-electron chi connectivity index (χ3n) is 5.61. The van der Waals surface area contributed by atoms with Gasteiger partial charge in [0.15, 0.2) is 5.65 Å². The molecule has 4 rings (SSSR count). The molecule has 0 fully saturated rings. The van der Waals surface area contributed by atoms with Gasteiger partial charge in [-0.25, -0.2) is 14.5 Å². The summed E-state index contributed by atoms with van der Waals surface area (Å²) in [7, 11) is 3.24. The summed E-state index contributed by atoms with van der Waals surface area (Å²) in [4.78, 5) is 21.5. The highest BCUT2D eigenvalue weighted by Crippen LogP contribution is 2.33. The molecule has 0 aliphatic carbocycles. The molecule has 3 heterocycles. The highest BCUT2D eigenvalue weighted by Gasteiger charge is 2.17. The van der Waals surface area contributed by atoms with Crippen molar-refractivity contribution in [2.75, 3.05) is 19.5 Å². The molecule has 0 unspecified atom stereocenters. The highest BCUT2D eigenvalue weighted by molar-refractivity contribution is 5.89. The predicted molar refractivity (Wildman–Crippen MR) is 127 cm³/mol. The Kier molecular flexibility index (Phi) is 6.26. The Morgan fingerprint density at radius 1 is 1.03 bits per heavy atom. The largest absolute Gasteiger partial charge is 0.497 e. The maximum Gasteiger partial charge on any atom is 0.225 e. The van der Waals surface area contributed by atoms with Crippen LogP contribution >= 0.6 is 0 Å². The maximum atomic E-state index is 12.5. The Bertz CT molecular complexity index is 1330. The van der Waals surface area contributed by atoms with Crippen LogP contribution < -0.4 is 14.8 Å². The molecule has 0 spiro atoms. The first-order chi connectivity index (χ1) is 15.9. The Morgan fingerprint density at radius 3 is 2.58 bits per heavy atom. The molecule has 1 N–H and O–H groups in total. The van der Waals surface area contributed by atoms with Gasteiger partial charge in [-0.3, -0.25) is 4.79 Å². The fourth-order valence-corrected chi connectivity index (χ4v) is 3.89. The third-order valence-corrected chi connectivity index (χ3v) is 5.61. The van der Waals surface area contributed by atoms with Crippen molar-refractivity contribution >= 4 is 17.4 Å². The Balaban J connectivity index is 1.59. The van der Waals surface area contributed by atoms with Crippen LogP contribution in [0.25, 0.3) is 16.9 Å². The van der Waals surface area contributed by atoms with Gasteiger partial charge in [-0.2, -0.15) is 5.10 Å². The molecule has 0 aliphatic heterocycles. The molecule has 0 bridgehead atoms. The number of ether oxygens (including phenoxy) is 2. The number of nitrogens with one attached hydrogen (secondary N) is 1. The van der Waals surface area contributed by atoms with Crippen molar-refractivity contribution in [1.82, 2.24) is 19.6 Å². The monoisotopic (exact) mass is 445 g/mol. The molecule has 0 aliphatic rings. The summed E-state index contributed by atoms with van der Waals surface area (Å²) in [6.07, 6.45) is 0.879. The normalized spacial score (nSPS) is 10.9. The van der Waals surface area contributed by atoms with Gasteiger partial charge in [-0.1, -0.05) is 6.07 Å². The lowest BCUT2D eigenvalue weighted by molar-refractivity contribution is -0.116. The van der Waals surface area contributed by atoms with Gasteiger partial charge >= 0.3 is 0 Å². The van der Waals surface area contributed by atoms with Crippen molar-refractivity contribution in [3.05, 3.63) is 65.1 Å². The first-order valence-corrected chi connectivity index (χ1v) is 10.7. The summed E-state index contributed by atoms with van der Waals surface area (Å²) >= 11 is 0. The van der Waals surface area contributed by atoms with Crippen LogP contribution in [0, 0.1) is 20.8 Å². The van der Waals surface area contributed by atoms with Crippen LogP contribution in [-0.2, 0) is 11.2 Å². The van der Waals surface area contributed by atoms with Crippen molar-refractivity contribution in [1.29, 1.82) is 0 Å². The van der Waals surface area contributed by atoms with Gasteiger partial charge in [0.05, 0.1) is 19.9 Å². The van der Waals surface area contributed by atoms with E-state index in [9.17, 15) is 4.79 Å². The van der Waals surface area contributed by atoms with E-state index in [0.717, 1.165) is 39.5 Å². The predicted octanol–water partition coefficient (Wildman–Crippen LogP) is 4.31.